The molecule has 3 heterocycles. The van der Waals surface area contributed by atoms with Crippen LogP contribution in [0.4, 0.5) is 4.79 Å². The van der Waals surface area contributed by atoms with E-state index in [1.165, 1.54) is 10.5 Å². The topological polar surface area (TPSA) is 59.5 Å². The number of carbonyl (C=O) groups is 2. The van der Waals surface area contributed by atoms with Crippen LogP contribution < -0.4 is 0 Å². The molecule has 1 fully saturated rings. The summed E-state index contributed by atoms with van der Waals surface area (Å²) in [6, 6.07) is 9.58. The standard InChI is InChI=1S/C21H27N5O2/c1-14(2)12-26-19(27)17-18(23(4)21(26)28)22-20-24(15(3)13-25(17)20)11-10-16-8-6-5-7-9-16/h5-9,13-14,17-18H,10-12H2,1-4H3. The van der Waals surface area contributed by atoms with Crippen molar-refractivity contribution in [3.8, 4) is 0 Å². The van der Waals surface area contributed by atoms with Gasteiger partial charge in [0.25, 0.3) is 5.91 Å². The van der Waals surface area contributed by atoms with Gasteiger partial charge in [0, 0.05) is 32.0 Å². The van der Waals surface area contributed by atoms with Crippen molar-refractivity contribution in [3.63, 3.8) is 0 Å². The largest absolute Gasteiger partial charge is 0.328 e. The van der Waals surface area contributed by atoms with Crippen LogP contribution in [0.25, 0.3) is 0 Å². The summed E-state index contributed by atoms with van der Waals surface area (Å²) in [4.78, 5) is 37.7. The van der Waals surface area contributed by atoms with Gasteiger partial charge in [0.05, 0.1) is 0 Å². The molecule has 0 N–H and O–H groups in total. The highest BCUT2D eigenvalue weighted by molar-refractivity contribution is 6.04. The van der Waals surface area contributed by atoms with Crippen LogP contribution in [0.2, 0.25) is 0 Å². The lowest BCUT2D eigenvalue weighted by molar-refractivity contribution is -0.137. The molecular weight excluding hydrogens is 354 g/mol. The van der Waals surface area contributed by atoms with Gasteiger partial charge < -0.3 is 14.7 Å². The molecule has 1 saturated heterocycles. The minimum absolute atomic E-state index is 0.158. The Hall–Kier alpha value is -2.83. The quantitative estimate of drug-likeness (QED) is 0.785. The zero-order chi connectivity index (χ0) is 20.0. The summed E-state index contributed by atoms with van der Waals surface area (Å²) in [6.07, 6.45) is 2.40. The van der Waals surface area contributed by atoms with Gasteiger partial charge in [-0.15, -0.1) is 0 Å². The van der Waals surface area contributed by atoms with Gasteiger partial charge in [-0.3, -0.25) is 9.69 Å². The van der Waals surface area contributed by atoms with Crippen molar-refractivity contribution in [2.24, 2.45) is 10.9 Å². The number of rotatable bonds is 5. The monoisotopic (exact) mass is 381 g/mol. The number of benzene rings is 1. The first-order valence-corrected chi connectivity index (χ1v) is 9.82. The molecule has 1 aromatic rings. The number of amides is 3. The fourth-order valence-corrected chi connectivity index (χ4v) is 4.10. The zero-order valence-corrected chi connectivity index (χ0v) is 16.9. The van der Waals surface area contributed by atoms with E-state index in [2.05, 4.69) is 17.0 Å². The number of imide groups is 1. The molecule has 2 atom stereocenters. The summed E-state index contributed by atoms with van der Waals surface area (Å²) in [6.45, 7) is 7.26. The third kappa shape index (κ3) is 2.95. The maximum absolute atomic E-state index is 13.1. The van der Waals surface area contributed by atoms with Crippen LogP contribution in [0.15, 0.2) is 47.2 Å². The van der Waals surface area contributed by atoms with E-state index in [4.69, 9.17) is 4.99 Å². The summed E-state index contributed by atoms with van der Waals surface area (Å²) in [5.41, 5.74) is 2.33. The number of urea groups is 1. The fraction of sp³-hybridized carbons (Fsp3) is 0.476. The Morgan fingerprint density at radius 3 is 2.50 bits per heavy atom. The van der Waals surface area contributed by atoms with E-state index >= 15 is 0 Å². The van der Waals surface area contributed by atoms with E-state index in [0.29, 0.717) is 6.54 Å². The number of carbonyl (C=O) groups excluding carboxylic acids is 2. The third-order valence-electron chi connectivity index (χ3n) is 5.52. The molecule has 0 aromatic heterocycles. The Balaban J connectivity index is 1.56. The summed E-state index contributed by atoms with van der Waals surface area (Å²) in [5, 5.41) is 0. The van der Waals surface area contributed by atoms with Crippen molar-refractivity contribution < 1.29 is 9.59 Å². The molecular formula is C21H27N5O2. The number of hydrogen-bond acceptors (Lipinski definition) is 5. The number of hydrogen-bond donors (Lipinski definition) is 0. The lowest BCUT2D eigenvalue weighted by atomic mass is 10.1. The molecule has 0 saturated carbocycles. The average Bonchev–Trinajstić information content (AvgIpc) is 3.17. The summed E-state index contributed by atoms with van der Waals surface area (Å²) in [7, 11) is 1.73. The van der Waals surface area contributed by atoms with Gasteiger partial charge in [-0.05, 0) is 24.8 Å². The molecule has 0 radical (unpaired) electrons. The molecule has 28 heavy (non-hydrogen) atoms. The Labute approximate surface area is 165 Å². The van der Waals surface area contributed by atoms with E-state index < -0.39 is 12.2 Å². The highest BCUT2D eigenvalue weighted by atomic mass is 16.2. The van der Waals surface area contributed by atoms with Gasteiger partial charge in [0.2, 0.25) is 5.96 Å². The van der Waals surface area contributed by atoms with Gasteiger partial charge >= 0.3 is 6.03 Å². The van der Waals surface area contributed by atoms with Crippen LogP contribution in [0.3, 0.4) is 0 Å². The molecule has 3 aliphatic rings. The molecule has 3 aliphatic heterocycles. The molecule has 1 aromatic carbocycles. The maximum atomic E-state index is 13.1. The fourth-order valence-electron chi connectivity index (χ4n) is 4.10. The highest BCUT2D eigenvalue weighted by Gasteiger charge is 2.54. The smallest absolute Gasteiger partial charge is 0.314 e. The van der Waals surface area contributed by atoms with Crippen LogP contribution >= 0.6 is 0 Å². The molecule has 4 rings (SSSR count). The molecule has 7 nitrogen and oxygen atoms in total. The van der Waals surface area contributed by atoms with Crippen molar-refractivity contribution in [2.75, 3.05) is 20.1 Å². The first kappa shape index (κ1) is 18.5. The second kappa shape index (κ2) is 6.96. The normalized spacial score (nSPS) is 24.0. The second-order valence-electron chi connectivity index (χ2n) is 8.09. The predicted octanol–water partition coefficient (Wildman–Crippen LogP) is 2.32. The van der Waals surface area contributed by atoms with Crippen molar-refractivity contribution in [3.05, 3.63) is 47.8 Å². The maximum Gasteiger partial charge on any atom is 0.328 e. The van der Waals surface area contributed by atoms with E-state index in [-0.39, 0.29) is 17.9 Å². The van der Waals surface area contributed by atoms with E-state index in [1.807, 2.05) is 50.1 Å². The van der Waals surface area contributed by atoms with Crippen LogP contribution in [0, 0.1) is 5.92 Å². The Bertz CT molecular complexity index is 848. The van der Waals surface area contributed by atoms with Crippen LogP contribution in [0.1, 0.15) is 26.3 Å². The zero-order valence-electron chi connectivity index (χ0n) is 16.9. The van der Waals surface area contributed by atoms with Crippen molar-refractivity contribution in [2.45, 2.75) is 39.4 Å². The molecule has 0 bridgehead atoms. The predicted molar refractivity (Wildman–Crippen MR) is 107 cm³/mol. The van der Waals surface area contributed by atoms with Gasteiger partial charge in [-0.2, -0.15) is 0 Å². The van der Waals surface area contributed by atoms with Gasteiger partial charge in [-0.1, -0.05) is 44.2 Å². The SMILES string of the molecule is CC1=CN2C(=NC3C2C(=O)N(CC(C)C)C(=O)N3C)N1CCc1ccccc1. The minimum Gasteiger partial charge on any atom is -0.314 e. The number of likely N-dealkylation sites (N-methyl/N-ethyl adjacent to an activating group) is 1. The minimum atomic E-state index is -0.479. The average molecular weight is 381 g/mol. The lowest BCUT2D eigenvalue weighted by Gasteiger charge is -2.40. The highest BCUT2D eigenvalue weighted by Crippen LogP contribution is 2.34. The molecule has 7 heteroatoms. The van der Waals surface area contributed by atoms with Gasteiger partial charge in [0.15, 0.2) is 12.2 Å². The molecule has 148 valence electrons. The first-order valence-electron chi connectivity index (χ1n) is 9.82. The number of allylic oxidation sites excluding steroid dienone is 1. The molecule has 0 aliphatic carbocycles. The van der Waals surface area contributed by atoms with Crippen LogP contribution in [0.5, 0.6) is 0 Å². The third-order valence-corrected chi connectivity index (χ3v) is 5.52. The van der Waals surface area contributed by atoms with Gasteiger partial charge in [-0.25, -0.2) is 9.79 Å². The van der Waals surface area contributed by atoms with Crippen LogP contribution in [-0.2, 0) is 11.2 Å². The molecule has 2 unspecified atom stereocenters. The number of fused-ring (bicyclic) bond motifs is 3. The molecule has 0 spiro atoms. The van der Waals surface area contributed by atoms with E-state index in [1.54, 1.807) is 11.9 Å². The summed E-state index contributed by atoms with van der Waals surface area (Å²) in [5.74, 6) is 0.829. The molecule has 3 amide bonds. The number of guanidine groups is 1. The van der Waals surface area contributed by atoms with E-state index in [0.717, 1.165) is 24.6 Å². The van der Waals surface area contributed by atoms with Crippen molar-refractivity contribution >= 4 is 17.9 Å². The number of nitrogens with zero attached hydrogens (tertiary/aromatic N) is 5. The first-order chi connectivity index (χ1) is 13.4. The Morgan fingerprint density at radius 2 is 1.82 bits per heavy atom. The second-order valence-corrected chi connectivity index (χ2v) is 8.09. The number of aliphatic imine (C=N–C) groups is 1. The summed E-state index contributed by atoms with van der Waals surface area (Å²) >= 11 is 0. The summed E-state index contributed by atoms with van der Waals surface area (Å²) < 4.78 is 0. The van der Waals surface area contributed by atoms with Crippen molar-refractivity contribution in [1.29, 1.82) is 0 Å². The Morgan fingerprint density at radius 1 is 1.11 bits per heavy atom. The van der Waals surface area contributed by atoms with Crippen LogP contribution in [-0.4, -0.2) is 69.8 Å². The van der Waals surface area contributed by atoms with E-state index in [9.17, 15) is 9.59 Å². The van der Waals surface area contributed by atoms with Gasteiger partial charge in [0.1, 0.15) is 0 Å². The Kier molecular flexibility index (Phi) is 4.61. The lowest BCUT2D eigenvalue weighted by Crippen LogP contribution is -2.64. The van der Waals surface area contributed by atoms with Crippen molar-refractivity contribution in [1.82, 2.24) is 19.6 Å².